The summed E-state index contributed by atoms with van der Waals surface area (Å²) in [7, 11) is -3.37. The highest BCUT2D eigenvalue weighted by Crippen LogP contribution is 2.27. The summed E-state index contributed by atoms with van der Waals surface area (Å²) in [5, 5.41) is 1.75. The van der Waals surface area contributed by atoms with Crippen LogP contribution < -0.4 is 4.72 Å². The third kappa shape index (κ3) is 4.03. The van der Waals surface area contributed by atoms with Gasteiger partial charge in [0.1, 0.15) is 4.21 Å². The van der Waals surface area contributed by atoms with Crippen molar-refractivity contribution in [1.29, 1.82) is 0 Å². The van der Waals surface area contributed by atoms with Crippen molar-refractivity contribution < 1.29 is 8.42 Å². The Morgan fingerprint density at radius 3 is 2.81 bits per heavy atom. The Kier molecular flexibility index (Phi) is 5.79. The van der Waals surface area contributed by atoms with Crippen LogP contribution in [0.2, 0.25) is 0 Å². The van der Waals surface area contributed by atoms with E-state index in [2.05, 4.69) is 27.6 Å². The number of halogens is 1. The van der Waals surface area contributed by atoms with E-state index in [1.54, 1.807) is 23.2 Å². The van der Waals surface area contributed by atoms with Crippen LogP contribution in [-0.4, -0.2) is 26.0 Å². The average molecular weight is 344 g/mol. The molecule has 0 spiro atoms. The SMILES string of the molecule is CCSCC(C)NS(=O)(=O)c1sccc1Br. The van der Waals surface area contributed by atoms with Crippen molar-refractivity contribution in [2.45, 2.75) is 24.1 Å². The lowest BCUT2D eigenvalue weighted by Crippen LogP contribution is -2.34. The lowest BCUT2D eigenvalue weighted by molar-refractivity contribution is 0.573. The van der Waals surface area contributed by atoms with Gasteiger partial charge in [-0.2, -0.15) is 11.8 Å². The van der Waals surface area contributed by atoms with Gasteiger partial charge >= 0.3 is 0 Å². The summed E-state index contributed by atoms with van der Waals surface area (Å²) in [4.78, 5) is 0. The Labute approximate surface area is 113 Å². The number of nitrogens with one attached hydrogen (secondary N) is 1. The minimum absolute atomic E-state index is 0.0519. The van der Waals surface area contributed by atoms with E-state index in [4.69, 9.17) is 0 Å². The molecule has 92 valence electrons. The second kappa shape index (κ2) is 6.39. The average Bonchev–Trinajstić information content (AvgIpc) is 2.61. The molecule has 1 atom stereocenters. The van der Waals surface area contributed by atoms with Crippen molar-refractivity contribution in [2.75, 3.05) is 11.5 Å². The van der Waals surface area contributed by atoms with Gasteiger partial charge in [-0.15, -0.1) is 11.3 Å². The molecule has 1 rings (SSSR count). The summed E-state index contributed by atoms with van der Waals surface area (Å²) in [5.41, 5.74) is 0. The predicted octanol–water partition coefficient (Wildman–Crippen LogP) is 2.93. The van der Waals surface area contributed by atoms with E-state index in [0.717, 1.165) is 11.5 Å². The molecular weight excluding hydrogens is 330 g/mol. The molecule has 0 fully saturated rings. The zero-order valence-corrected chi connectivity index (χ0v) is 13.1. The second-order valence-corrected chi connectivity index (χ2v) is 8.24. The Morgan fingerprint density at radius 1 is 1.62 bits per heavy atom. The highest BCUT2D eigenvalue weighted by atomic mass is 79.9. The Balaban J connectivity index is 2.69. The van der Waals surface area contributed by atoms with E-state index in [0.29, 0.717) is 8.68 Å². The topological polar surface area (TPSA) is 46.2 Å². The Morgan fingerprint density at radius 2 is 2.31 bits per heavy atom. The first-order chi connectivity index (χ1) is 7.47. The maximum atomic E-state index is 11.9. The van der Waals surface area contributed by atoms with Gasteiger partial charge in [0, 0.05) is 16.3 Å². The molecule has 0 bridgehead atoms. The molecule has 0 saturated carbocycles. The first-order valence-electron chi connectivity index (χ1n) is 4.80. The van der Waals surface area contributed by atoms with E-state index in [1.807, 2.05) is 6.92 Å². The van der Waals surface area contributed by atoms with E-state index >= 15 is 0 Å². The fourth-order valence-corrected chi connectivity index (χ4v) is 5.49. The summed E-state index contributed by atoms with van der Waals surface area (Å²) < 4.78 is 27.5. The summed E-state index contributed by atoms with van der Waals surface area (Å²) in [5.74, 6) is 1.79. The van der Waals surface area contributed by atoms with Gasteiger partial charge in [-0.3, -0.25) is 0 Å². The molecule has 0 aliphatic heterocycles. The fraction of sp³-hybridized carbons (Fsp3) is 0.556. The van der Waals surface area contributed by atoms with E-state index in [1.165, 1.54) is 11.3 Å². The molecule has 1 N–H and O–H groups in total. The van der Waals surface area contributed by atoms with Crippen molar-refractivity contribution >= 4 is 49.1 Å². The van der Waals surface area contributed by atoms with Crippen molar-refractivity contribution in [3.63, 3.8) is 0 Å². The van der Waals surface area contributed by atoms with Crippen LogP contribution in [0.5, 0.6) is 0 Å². The zero-order chi connectivity index (χ0) is 12.2. The maximum Gasteiger partial charge on any atom is 0.251 e. The van der Waals surface area contributed by atoms with Crippen LogP contribution in [0.1, 0.15) is 13.8 Å². The van der Waals surface area contributed by atoms with Gasteiger partial charge < -0.3 is 0 Å². The van der Waals surface area contributed by atoms with Crippen molar-refractivity contribution in [3.8, 4) is 0 Å². The smallest absolute Gasteiger partial charge is 0.207 e. The lowest BCUT2D eigenvalue weighted by Gasteiger charge is -2.12. The molecule has 7 heteroatoms. The molecule has 0 radical (unpaired) electrons. The van der Waals surface area contributed by atoms with Crippen molar-refractivity contribution in [1.82, 2.24) is 4.72 Å². The zero-order valence-electron chi connectivity index (χ0n) is 9.07. The minimum atomic E-state index is -3.37. The van der Waals surface area contributed by atoms with Gasteiger partial charge in [-0.05, 0) is 40.1 Å². The van der Waals surface area contributed by atoms with Gasteiger partial charge in [0.15, 0.2) is 0 Å². The molecule has 16 heavy (non-hydrogen) atoms. The van der Waals surface area contributed by atoms with E-state index < -0.39 is 10.0 Å². The van der Waals surface area contributed by atoms with Gasteiger partial charge in [-0.25, -0.2) is 13.1 Å². The molecule has 3 nitrogen and oxygen atoms in total. The Bertz CT molecular complexity index is 430. The van der Waals surface area contributed by atoms with Gasteiger partial charge in [-0.1, -0.05) is 6.92 Å². The molecule has 1 aromatic heterocycles. The number of sulfonamides is 1. The Hall–Kier alpha value is 0.440. The van der Waals surface area contributed by atoms with Crippen LogP contribution >= 0.6 is 39.0 Å². The van der Waals surface area contributed by atoms with Crippen LogP contribution in [0.4, 0.5) is 0 Å². The quantitative estimate of drug-likeness (QED) is 0.863. The molecule has 0 aliphatic rings. The normalized spacial score (nSPS) is 13.9. The molecule has 1 unspecified atom stereocenters. The van der Waals surface area contributed by atoms with E-state index in [-0.39, 0.29) is 6.04 Å². The second-order valence-electron chi connectivity index (χ2n) is 3.24. The fourth-order valence-electron chi connectivity index (χ4n) is 1.12. The monoisotopic (exact) mass is 343 g/mol. The molecule has 0 amide bonds. The van der Waals surface area contributed by atoms with E-state index in [9.17, 15) is 8.42 Å². The van der Waals surface area contributed by atoms with Crippen LogP contribution in [0, 0.1) is 0 Å². The first kappa shape index (κ1) is 14.5. The number of hydrogen-bond acceptors (Lipinski definition) is 4. The van der Waals surface area contributed by atoms with Crippen LogP contribution in [0.25, 0.3) is 0 Å². The number of hydrogen-bond donors (Lipinski definition) is 1. The van der Waals surface area contributed by atoms with Crippen LogP contribution in [-0.2, 0) is 10.0 Å². The lowest BCUT2D eigenvalue weighted by atomic mass is 10.4. The standard InChI is InChI=1S/C9H14BrNO2S3/c1-3-14-6-7(2)11-16(12,13)9-8(10)4-5-15-9/h4-5,7,11H,3,6H2,1-2H3. The predicted molar refractivity (Wildman–Crippen MR) is 74.8 cm³/mol. The number of thiophene rings is 1. The van der Waals surface area contributed by atoms with Gasteiger partial charge in [0.2, 0.25) is 0 Å². The third-order valence-corrected chi connectivity index (χ3v) is 7.16. The summed E-state index contributed by atoms with van der Waals surface area (Å²) in [6.45, 7) is 3.93. The first-order valence-corrected chi connectivity index (χ1v) is 9.11. The highest BCUT2D eigenvalue weighted by molar-refractivity contribution is 9.10. The van der Waals surface area contributed by atoms with Gasteiger partial charge in [0.05, 0.1) is 0 Å². The molecule has 0 aromatic carbocycles. The number of rotatable bonds is 6. The molecular formula is C9H14BrNO2S3. The van der Waals surface area contributed by atoms with Crippen LogP contribution in [0.3, 0.4) is 0 Å². The van der Waals surface area contributed by atoms with Crippen LogP contribution in [0.15, 0.2) is 20.1 Å². The molecule has 0 saturated heterocycles. The summed E-state index contributed by atoms with van der Waals surface area (Å²) in [6.07, 6.45) is 0. The minimum Gasteiger partial charge on any atom is -0.207 e. The number of thioether (sulfide) groups is 1. The molecule has 0 aliphatic carbocycles. The summed E-state index contributed by atoms with van der Waals surface area (Å²) >= 11 is 6.17. The largest absolute Gasteiger partial charge is 0.251 e. The molecule has 1 heterocycles. The maximum absolute atomic E-state index is 11.9. The van der Waals surface area contributed by atoms with Crippen molar-refractivity contribution in [2.24, 2.45) is 0 Å². The van der Waals surface area contributed by atoms with Gasteiger partial charge in [0.25, 0.3) is 10.0 Å². The van der Waals surface area contributed by atoms with Crippen molar-refractivity contribution in [3.05, 3.63) is 15.9 Å². The summed E-state index contributed by atoms with van der Waals surface area (Å²) in [6, 6.07) is 1.69. The molecule has 1 aromatic rings. The highest BCUT2D eigenvalue weighted by Gasteiger charge is 2.21. The third-order valence-electron chi connectivity index (χ3n) is 1.76.